The standard InChI is InChI=1S/C21H20ClN3O3/c1-13-17(20(25-24-13)15-7-9-16(22)10-8-15)12-19(26)23-18(21(27)28)11-14-5-3-2-4-6-14/h2-10,18H,11-12H2,1H3,(H,23,26)(H,24,25)(H,27,28)/t18-/m0/s1. The lowest BCUT2D eigenvalue weighted by Crippen LogP contribution is -2.43. The minimum Gasteiger partial charge on any atom is -0.480 e. The van der Waals surface area contributed by atoms with Crippen molar-refractivity contribution in [2.45, 2.75) is 25.8 Å². The summed E-state index contributed by atoms with van der Waals surface area (Å²) in [6, 6.07) is 15.4. The number of benzene rings is 2. The van der Waals surface area contributed by atoms with Crippen LogP contribution in [0.4, 0.5) is 0 Å². The van der Waals surface area contributed by atoms with Crippen molar-refractivity contribution >= 4 is 23.5 Å². The maximum atomic E-state index is 12.6. The summed E-state index contributed by atoms with van der Waals surface area (Å²) >= 11 is 5.93. The van der Waals surface area contributed by atoms with Crippen LogP contribution in [0.15, 0.2) is 54.6 Å². The molecule has 0 bridgehead atoms. The molecule has 1 amide bonds. The van der Waals surface area contributed by atoms with E-state index in [4.69, 9.17) is 11.6 Å². The Hall–Kier alpha value is -3.12. The van der Waals surface area contributed by atoms with E-state index in [1.807, 2.05) is 49.4 Å². The van der Waals surface area contributed by atoms with E-state index in [-0.39, 0.29) is 18.7 Å². The fraction of sp³-hybridized carbons (Fsp3) is 0.190. The highest BCUT2D eigenvalue weighted by molar-refractivity contribution is 6.30. The summed E-state index contributed by atoms with van der Waals surface area (Å²) in [5.74, 6) is -1.44. The van der Waals surface area contributed by atoms with Gasteiger partial charge < -0.3 is 10.4 Å². The Morgan fingerprint density at radius 3 is 2.46 bits per heavy atom. The number of nitrogens with zero attached hydrogens (tertiary/aromatic N) is 1. The Bertz CT molecular complexity index is 968. The van der Waals surface area contributed by atoms with Crippen LogP contribution in [0.2, 0.25) is 5.02 Å². The van der Waals surface area contributed by atoms with Gasteiger partial charge in [-0.05, 0) is 24.6 Å². The molecular weight excluding hydrogens is 378 g/mol. The summed E-state index contributed by atoms with van der Waals surface area (Å²) in [6.07, 6.45) is 0.245. The van der Waals surface area contributed by atoms with Crippen molar-refractivity contribution in [3.8, 4) is 11.3 Å². The summed E-state index contributed by atoms with van der Waals surface area (Å²) in [5.41, 5.74) is 3.81. The second-order valence-corrected chi connectivity index (χ2v) is 6.94. The van der Waals surface area contributed by atoms with Crippen LogP contribution in [0.5, 0.6) is 0 Å². The van der Waals surface area contributed by atoms with Gasteiger partial charge in [0.1, 0.15) is 6.04 Å². The summed E-state index contributed by atoms with van der Waals surface area (Å²) in [6.45, 7) is 1.83. The van der Waals surface area contributed by atoms with Gasteiger partial charge in [0.2, 0.25) is 5.91 Å². The van der Waals surface area contributed by atoms with Gasteiger partial charge in [0.25, 0.3) is 0 Å². The normalized spacial score (nSPS) is 11.8. The number of carboxylic acid groups (broad SMARTS) is 1. The van der Waals surface area contributed by atoms with Gasteiger partial charge in [-0.1, -0.05) is 54.1 Å². The number of halogens is 1. The number of aromatic nitrogens is 2. The SMILES string of the molecule is Cc1[nH]nc(-c2ccc(Cl)cc2)c1CC(=O)N[C@@H](Cc1ccccc1)C(=O)O. The molecule has 0 saturated heterocycles. The zero-order valence-electron chi connectivity index (χ0n) is 15.3. The molecule has 0 spiro atoms. The molecule has 6 nitrogen and oxygen atoms in total. The molecule has 7 heteroatoms. The first kappa shape index (κ1) is 19.6. The van der Waals surface area contributed by atoms with Crippen molar-refractivity contribution < 1.29 is 14.7 Å². The molecule has 1 heterocycles. The van der Waals surface area contributed by atoms with Crippen molar-refractivity contribution in [2.75, 3.05) is 0 Å². The molecule has 0 fully saturated rings. The van der Waals surface area contributed by atoms with Crippen molar-refractivity contribution in [1.82, 2.24) is 15.5 Å². The number of aromatic amines is 1. The van der Waals surface area contributed by atoms with E-state index < -0.39 is 12.0 Å². The number of aliphatic carboxylic acids is 1. The summed E-state index contributed by atoms with van der Waals surface area (Å²) < 4.78 is 0. The molecular formula is C21H20ClN3O3. The Kier molecular flexibility index (Phi) is 6.11. The fourth-order valence-corrected chi connectivity index (χ4v) is 3.10. The maximum Gasteiger partial charge on any atom is 0.326 e. The number of amides is 1. The lowest BCUT2D eigenvalue weighted by atomic mass is 10.0. The number of hydrogen-bond acceptors (Lipinski definition) is 3. The third-order valence-electron chi connectivity index (χ3n) is 4.44. The molecule has 144 valence electrons. The van der Waals surface area contributed by atoms with Gasteiger partial charge in [-0.2, -0.15) is 5.10 Å². The van der Waals surface area contributed by atoms with Gasteiger partial charge in [-0.25, -0.2) is 4.79 Å². The van der Waals surface area contributed by atoms with E-state index in [0.717, 1.165) is 22.4 Å². The van der Waals surface area contributed by atoms with Gasteiger partial charge >= 0.3 is 5.97 Å². The highest BCUT2D eigenvalue weighted by atomic mass is 35.5. The number of nitrogens with one attached hydrogen (secondary N) is 2. The number of H-pyrrole nitrogens is 1. The summed E-state index contributed by atoms with van der Waals surface area (Å²) in [7, 11) is 0. The van der Waals surface area contributed by atoms with E-state index >= 15 is 0 Å². The van der Waals surface area contributed by atoms with Gasteiger partial charge in [0.05, 0.1) is 12.1 Å². The maximum absolute atomic E-state index is 12.6. The largest absolute Gasteiger partial charge is 0.480 e. The summed E-state index contributed by atoms with van der Waals surface area (Å²) in [4.78, 5) is 24.2. The Morgan fingerprint density at radius 2 is 1.82 bits per heavy atom. The highest BCUT2D eigenvalue weighted by Crippen LogP contribution is 2.25. The third-order valence-corrected chi connectivity index (χ3v) is 4.70. The summed E-state index contributed by atoms with van der Waals surface area (Å²) in [5, 5.41) is 19.9. The molecule has 0 saturated carbocycles. The van der Waals surface area contributed by atoms with Crippen LogP contribution < -0.4 is 5.32 Å². The molecule has 0 aliphatic heterocycles. The van der Waals surface area contributed by atoms with E-state index in [2.05, 4.69) is 15.5 Å². The van der Waals surface area contributed by atoms with Crippen LogP contribution in [0.3, 0.4) is 0 Å². The zero-order chi connectivity index (χ0) is 20.1. The molecule has 0 aliphatic carbocycles. The van der Waals surface area contributed by atoms with Crippen LogP contribution in [0.25, 0.3) is 11.3 Å². The topological polar surface area (TPSA) is 95.1 Å². The number of rotatable bonds is 7. The number of carbonyl (C=O) groups is 2. The molecule has 2 aromatic carbocycles. The second-order valence-electron chi connectivity index (χ2n) is 6.51. The molecule has 28 heavy (non-hydrogen) atoms. The van der Waals surface area contributed by atoms with E-state index in [9.17, 15) is 14.7 Å². The molecule has 0 radical (unpaired) electrons. The molecule has 0 unspecified atom stereocenters. The van der Waals surface area contributed by atoms with Crippen LogP contribution in [-0.2, 0) is 22.4 Å². The first-order valence-electron chi connectivity index (χ1n) is 8.80. The van der Waals surface area contributed by atoms with E-state index in [0.29, 0.717) is 10.7 Å². The van der Waals surface area contributed by atoms with Gasteiger partial charge in [0, 0.05) is 28.3 Å². The smallest absolute Gasteiger partial charge is 0.326 e. The van der Waals surface area contributed by atoms with Crippen LogP contribution in [0, 0.1) is 6.92 Å². The third kappa shape index (κ3) is 4.78. The monoisotopic (exact) mass is 397 g/mol. The van der Waals surface area contributed by atoms with Crippen molar-refractivity contribution in [1.29, 1.82) is 0 Å². The first-order chi connectivity index (χ1) is 13.4. The quantitative estimate of drug-likeness (QED) is 0.569. The van der Waals surface area contributed by atoms with Crippen molar-refractivity contribution in [3.63, 3.8) is 0 Å². The van der Waals surface area contributed by atoms with Gasteiger partial charge in [-0.3, -0.25) is 9.89 Å². The molecule has 3 aromatic rings. The van der Waals surface area contributed by atoms with E-state index in [1.165, 1.54) is 0 Å². The minimum absolute atomic E-state index is 0.0266. The highest BCUT2D eigenvalue weighted by Gasteiger charge is 2.22. The van der Waals surface area contributed by atoms with Gasteiger partial charge in [-0.15, -0.1) is 0 Å². The number of carbonyl (C=O) groups excluding carboxylic acids is 1. The van der Waals surface area contributed by atoms with Gasteiger partial charge in [0.15, 0.2) is 0 Å². The zero-order valence-corrected chi connectivity index (χ0v) is 16.0. The van der Waals surface area contributed by atoms with E-state index in [1.54, 1.807) is 12.1 Å². The Labute approximate surface area is 167 Å². The lowest BCUT2D eigenvalue weighted by Gasteiger charge is -2.15. The average Bonchev–Trinajstić information content (AvgIpc) is 3.03. The second kappa shape index (κ2) is 8.71. The van der Waals surface area contributed by atoms with Crippen LogP contribution in [-0.4, -0.2) is 33.2 Å². The average molecular weight is 398 g/mol. The molecule has 0 aliphatic rings. The number of aryl methyl sites for hydroxylation is 1. The minimum atomic E-state index is -1.07. The number of carboxylic acids is 1. The van der Waals surface area contributed by atoms with Crippen LogP contribution >= 0.6 is 11.6 Å². The number of hydrogen-bond donors (Lipinski definition) is 3. The Morgan fingerprint density at radius 1 is 1.14 bits per heavy atom. The van der Waals surface area contributed by atoms with Crippen molar-refractivity contribution in [2.24, 2.45) is 0 Å². The van der Waals surface area contributed by atoms with Crippen molar-refractivity contribution in [3.05, 3.63) is 76.4 Å². The molecule has 3 rings (SSSR count). The molecule has 1 aromatic heterocycles. The fourth-order valence-electron chi connectivity index (χ4n) is 2.97. The Balaban J connectivity index is 1.74. The first-order valence-corrected chi connectivity index (χ1v) is 9.17. The molecule has 1 atom stereocenters. The van der Waals surface area contributed by atoms with Crippen LogP contribution in [0.1, 0.15) is 16.8 Å². The lowest BCUT2D eigenvalue weighted by molar-refractivity contribution is -0.141. The molecule has 3 N–H and O–H groups in total. The predicted molar refractivity (Wildman–Crippen MR) is 107 cm³/mol. The predicted octanol–water partition coefficient (Wildman–Crippen LogP) is 3.39.